The van der Waals surface area contributed by atoms with Gasteiger partial charge in [-0.05, 0) is 17.7 Å². The molecule has 0 fully saturated rings. The molecule has 140 valence electrons. The van der Waals surface area contributed by atoms with Crippen molar-refractivity contribution in [3.05, 3.63) is 36.3 Å². The van der Waals surface area contributed by atoms with Crippen LogP contribution >= 0.6 is 0 Å². The third-order valence-corrected chi connectivity index (χ3v) is 4.18. The fourth-order valence-corrected chi connectivity index (χ4v) is 3.19. The van der Waals surface area contributed by atoms with E-state index in [4.69, 9.17) is 4.18 Å². The van der Waals surface area contributed by atoms with Crippen molar-refractivity contribution >= 4 is 32.0 Å². The topological polar surface area (TPSA) is 106 Å². The van der Waals surface area contributed by atoms with Gasteiger partial charge in [-0.2, -0.15) is 16.8 Å². The normalized spacial score (nSPS) is 12.7. The number of hydrogen-bond donors (Lipinski definition) is 0. The molecule has 9 nitrogen and oxygen atoms in total. The lowest BCUT2D eigenvalue weighted by Crippen LogP contribution is -2.23. The number of aromatic nitrogens is 1. The Morgan fingerprint density at radius 2 is 1.80 bits per heavy atom. The van der Waals surface area contributed by atoms with Crippen LogP contribution < -0.4 is 0 Å². The zero-order valence-electron chi connectivity index (χ0n) is 14.5. The standard InChI is InChI=1S/C14H22N3O6S2/c1-16(2)9-14(13-5-7-15-8-6-13)10-17(3)11-22-25(20,21)12-23-24(4,18)19/h5-10H,11-12H2,1-4H3/q+1. The van der Waals surface area contributed by atoms with Crippen molar-refractivity contribution in [2.75, 3.05) is 40.1 Å². The molecule has 0 aromatic carbocycles. The van der Waals surface area contributed by atoms with Crippen molar-refractivity contribution in [3.63, 3.8) is 0 Å². The Kier molecular flexibility index (Phi) is 7.67. The molecule has 0 aliphatic rings. The smallest absolute Gasteiger partial charge is 0.295 e. The molecule has 11 heteroatoms. The van der Waals surface area contributed by atoms with Gasteiger partial charge < -0.3 is 4.90 Å². The third kappa shape index (κ3) is 9.29. The number of pyridine rings is 1. The summed E-state index contributed by atoms with van der Waals surface area (Å²) in [6, 6.07) is 3.63. The van der Waals surface area contributed by atoms with E-state index in [0.717, 1.165) is 17.4 Å². The van der Waals surface area contributed by atoms with Crippen molar-refractivity contribution in [1.82, 2.24) is 9.88 Å². The van der Waals surface area contributed by atoms with E-state index in [0.29, 0.717) is 0 Å². The molecule has 0 saturated heterocycles. The van der Waals surface area contributed by atoms with Gasteiger partial charge in [-0.1, -0.05) is 0 Å². The average molecular weight is 392 g/mol. The Balaban J connectivity index is 2.81. The van der Waals surface area contributed by atoms with Crippen LogP contribution in [0.3, 0.4) is 0 Å². The molecule has 0 bridgehead atoms. The molecule has 0 saturated carbocycles. The number of rotatable bonds is 9. The van der Waals surface area contributed by atoms with Gasteiger partial charge in [0, 0.05) is 25.6 Å². The van der Waals surface area contributed by atoms with E-state index in [1.54, 1.807) is 25.6 Å². The first kappa shape index (κ1) is 21.2. The van der Waals surface area contributed by atoms with Crippen LogP contribution in [-0.4, -0.2) is 77.6 Å². The van der Waals surface area contributed by atoms with Crippen LogP contribution in [-0.2, 0) is 28.6 Å². The highest BCUT2D eigenvalue weighted by molar-refractivity contribution is 7.89. The van der Waals surface area contributed by atoms with E-state index < -0.39 is 26.2 Å². The van der Waals surface area contributed by atoms with E-state index in [9.17, 15) is 16.8 Å². The minimum atomic E-state index is -4.14. The van der Waals surface area contributed by atoms with Crippen molar-refractivity contribution in [3.8, 4) is 0 Å². The highest BCUT2D eigenvalue weighted by Crippen LogP contribution is 2.12. The summed E-state index contributed by atoms with van der Waals surface area (Å²) in [6.45, 7) is -0.300. The minimum absolute atomic E-state index is 0.300. The molecular weight excluding hydrogens is 370 g/mol. The van der Waals surface area contributed by atoms with Gasteiger partial charge in [0.2, 0.25) is 0 Å². The predicted octanol–water partition coefficient (Wildman–Crippen LogP) is -0.0652. The maximum Gasteiger partial charge on any atom is 0.295 e. The molecule has 0 unspecified atom stereocenters. The van der Waals surface area contributed by atoms with Crippen molar-refractivity contribution in [2.24, 2.45) is 0 Å². The summed E-state index contributed by atoms with van der Waals surface area (Å²) < 4.78 is 55.8. The highest BCUT2D eigenvalue weighted by atomic mass is 32.2. The Morgan fingerprint density at radius 1 is 1.20 bits per heavy atom. The van der Waals surface area contributed by atoms with Gasteiger partial charge in [-0.3, -0.25) is 9.17 Å². The average Bonchev–Trinajstić information content (AvgIpc) is 2.51. The maximum absolute atomic E-state index is 11.6. The van der Waals surface area contributed by atoms with Crippen LogP contribution in [0, 0.1) is 0 Å². The molecule has 1 aromatic rings. The second-order valence-electron chi connectivity index (χ2n) is 5.41. The number of nitrogens with zero attached hydrogens (tertiary/aromatic N) is 3. The van der Waals surface area contributed by atoms with Crippen LogP contribution in [0.4, 0.5) is 0 Å². The molecule has 1 rings (SSSR count). The quantitative estimate of drug-likeness (QED) is 0.249. The first-order chi connectivity index (χ1) is 11.5. The summed E-state index contributed by atoms with van der Waals surface area (Å²) in [5.41, 5.74) is 1.70. The molecule has 0 amide bonds. The van der Waals surface area contributed by atoms with Crippen molar-refractivity contribution in [2.45, 2.75) is 0 Å². The monoisotopic (exact) mass is 392 g/mol. The van der Waals surface area contributed by atoms with Crippen LogP contribution in [0.15, 0.2) is 30.7 Å². The zero-order chi connectivity index (χ0) is 19.1. The molecule has 0 N–H and O–H groups in total. The second-order valence-corrected chi connectivity index (χ2v) is 8.65. The lowest BCUT2D eigenvalue weighted by atomic mass is 10.1. The highest BCUT2D eigenvalue weighted by Gasteiger charge is 2.16. The van der Waals surface area contributed by atoms with Gasteiger partial charge in [0.1, 0.15) is 20.8 Å². The summed E-state index contributed by atoms with van der Waals surface area (Å²) in [7, 11) is -2.66. The fraction of sp³-hybridized carbons (Fsp3) is 0.429. The summed E-state index contributed by atoms with van der Waals surface area (Å²) >= 11 is 0. The number of hydrogen-bond acceptors (Lipinski definition) is 8. The SMILES string of the molecule is CN(C=C(C=[N+](C)C)c1ccncc1)COS(=O)(=O)COS(C)(=O)=O. The Bertz CT molecular complexity index is 829. The molecule has 1 heterocycles. The molecule has 0 aliphatic carbocycles. The molecule has 1 aromatic heterocycles. The van der Waals surface area contributed by atoms with Gasteiger partial charge in [-0.15, -0.1) is 0 Å². The van der Waals surface area contributed by atoms with E-state index in [2.05, 4.69) is 9.17 Å². The van der Waals surface area contributed by atoms with Crippen molar-refractivity contribution in [1.29, 1.82) is 0 Å². The summed E-state index contributed by atoms with van der Waals surface area (Å²) in [5, 5.41) is 0. The second kappa shape index (κ2) is 9.04. The van der Waals surface area contributed by atoms with Gasteiger partial charge in [-0.25, -0.2) is 8.76 Å². The van der Waals surface area contributed by atoms with E-state index >= 15 is 0 Å². The van der Waals surface area contributed by atoms with E-state index in [-0.39, 0.29) is 6.73 Å². The predicted molar refractivity (Wildman–Crippen MR) is 93.8 cm³/mol. The van der Waals surface area contributed by atoms with E-state index in [1.807, 2.05) is 37.0 Å². The van der Waals surface area contributed by atoms with Gasteiger partial charge in [0.15, 0.2) is 12.2 Å². The van der Waals surface area contributed by atoms with Crippen LogP contribution in [0.1, 0.15) is 5.56 Å². The minimum Gasteiger partial charge on any atom is -0.356 e. The van der Waals surface area contributed by atoms with Gasteiger partial charge >= 0.3 is 0 Å². The molecule has 25 heavy (non-hydrogen) atoms. The molecule has 0 spiro atoms. The molecular formula is C14H22N3O6S2+. The Labute approximate surface area is 148 Å². The van der Waals surface area contributed by atoms with Crippen molar-refractivity contribution < 1.29 is 29.8 Å². The largest absolute Gasteiger partial charge is 0.356 e. The fourth-order valence-electron chi connectivity index (χ4n) is 1.62. The molecule has 0 aliphatic heterocycles. The maximum atomic E-state index is 11.6. The summed E-state index contributed by atoms with van der Waals surface area (Å²) in [5.74, 6) is -1.07. The molecule has 0 atom stereocenters. The third-order valence-electron chi connectivity index (χ3n) is 2.61. The van der Waals surface area contributed by atoms with Gasteiger partial charge in [0.05, 0.1) is 11.8 Å². The summed E-state index contributed by atoms with van der Waals surface area (Å²) in [4.78, 5) is 5.47. The first-order valence-corrected chi connectivity index (χ1v) is 10.4. The Hall–Kier alpha value is -1.82. The lowest BCUT2D eigenvalue weighted by Gasteiger charge is -2.15. The summed E-state index contributed by atoms with van der Waals surface area (Å²) in [6.07, 6.45) is 7.61. The Morgan fingerprint density at radius 3 is 2.32 bits per heavy atom. The molecule has 0 radical (unpaired) electrons. The van der Waals surface area contributed by atoms with E-state index in [1.165, 1.54) is 4.90 Å². The zero-order valence-corrected chi connectivity index (χ0v) is 16.1. The van der Waals surface area contributed by atoms with Crippen LogP contribution in [0.2, 0.25) is 0 Å². The van der Waals surface area contributed by atoms with Crippen LogP contribution in [0.5, 0.6) is 0 Å². The number of allylic oxidation sites excluding steroid dienone is 1. The van der Waals surface area contributed by atoms with Gasteiger partial charge in [0.25, 0.3) is 20.2 Å². The first-order valence-electron chi connectivity index (χ1n) is 7.04. The van der Waals surface area contributed by atoms with Crippen LogP contribution in [0.25, 0.3) is 5.57 Å². The lowest BCUT2D eigenvalue weighted by molar-refractivity contribution is -0.458.